The van der Waals surface area contributed by atoms with Gasteiger partial charge in [-0.1, -0.05) is 18.5 Å². The number of aryl methyl sites for hydroxylation is 1. The van der Waals surface area contributed by atoms with Gasteiger partial charge in [0.1, 0.15) is 0 Å². The Labute approximate surface area is 118 Å². The second-order valence-corrected chi connectivity index (χ2v) is 5.25. The SMILES string of the molecule is CC[C@H]1C[C@H](C(=O)Nc2ccnc(C)c2Cl)CCO1. The summed E-state index contributed by atoms with van der Waals surface area (Å²) in [6, 6.07) is 1.73. The van der Waals surface area contributed by atoms with E-state index in [9.17, 15) is 4.79 Å². The standard InChI is InChI=1S/C14H19ClN2O2/c1-3-11-8-10(5-7-19-11)14(18)17-12-4-6-16-9(2)13(12)15/h4,6,10-11H,3,5,7-8H2,1-2H3,(H,16,17,18)/t10-,11+/m1/s1. The molecule has 0 unspecified atom stereocenters. The molecular formula is C14H19ClN2O2. The number of carbonyl (C=O) groups is 1. The van der Waals surface area contributed by atoms with E-state index in [2.05, 4.69) is 17.2 Å². The largest absolute Gasteiger partial charge is 0.378 e. The van der Waals surface area contributed by atoms with E-state index in [1.54, 1.807) is 12.3 Å². The number of halogens is 1. The number of rotatable bonds is 3. The normalized spacial score (nSPS) is 23.1. The first-order valence-electron chi connectivity index (χ1n) is 6.65. The lowest BCUT2D eigenvalue weighted by atomic mass is 9.93. The van der Waals surface area contributed by atoms with Gasteiger partial charge in [-0.15, -0.1) is 0 Å². The predicted molar refractivity (Wildman–Crippen MR) is 75.4 cm³/mol. The number of hydrogen-bond acceptors (Lipinski definition) is 3. The molecule has 5 heteroatoms. The number of aromatic nitrogens is 1. The number of hydrogen-bond donors (Lipinski definition) is 1. The van der Waals surface area contributed by atoms with Crippen molar-refractivity contribution in [1.29, 1.82) is 0 Å². The molecule has 0 radical (unpaired) electrons. The number of anilines is 1. The Bertz CT molecular complexity index is 465. The third-order valence-corrected chi connectivity index (χ3v) is 3.99. The molecule has 1 aromatic rings. The molecule has 1 fully saturated rings. The highest BCUT2D eigenvalue weighted by molar-refractivity contribution is 6.34. The van der Waals surface area contributed by atoms with Gasteiger partial charge in [0.05, 0.1) is 22.5 Å². The van der Waals surface area contributed by atoms with Crippen LogP contribution in [-0.2, 0) is 9.53 Å². The Morgan fingerprint density at radius 3 is 3.16 bits per heavy atom. The van der Waals surface area contributed by atoms with Gasteiger partial charge in [0, 0.05) is 18.7 Å². The number of carbonyl (C=O) groups excluding carboxylic acids is 1. The summed E-state index contributed by atoms with van der Waals surface area (Å²) in [4.78, 5) is 16.3. The Hall–Kier alpha value is -1.13. The van der Waals surface area contributed by atoms with E-state index in [1.807, 2.05) is 6.92 Å². The molecule has 0 aliphatic carbocycles. The highest BCUT2D eigenvalue weighted by Gasteiger charge is 2.27. The zero-order chi connectivity index (χ0) is 13.8. The van der Waals surface area contributed by atoms with Crippen molar-refractivity contribution in [3.63, 3.8) is 0 Å². The molecule has 2 heterocycles. The molecule has 1 saturated heterocycles. The van der Waals surface area contributed by atoms with Gasteiger partial charge in [-0.25, -0.2) is 0 Å². The van der Waals surface area contributed by atoms with Crippen LogP contribution in [0.15, 0.2) is 12.3 Å². The van der Waals surface area contributed by atoms with Gasteiger partial charge in [0.15, 0.2) is 0 Å². The first-order chi connectivity index (χ1) is 9.11. The van der Waals surface area contributed by atoms with Crippen LogP contribution < -0.4 is 5.32 Å². The van der Waals surface area contributed by atoms with Crippen molar-refractivity contribution in [3.8, 4) is 0 Å². The lowest BCUT2D eigenvalue weighted by Crippen LogP contribution is -2.33. The average Bonchev–Trinajstić information content (AvgIpc) is 2.44. The van der Waals surface area contributed by atoms with E-state index in [4.69, 9.17) is 16.3 Å². The van der Waals surface area contributed by atoms with Gasteiger partial charge < -0.3 is 10.1 Å². The maximum atomic E-state index is 12.2. The fourth-order valence-electron chi connectivity index (χ4n) is 2.28. The fourth-order valence-corrected chi connectivity index (χ4v) is 2.44. The minimum atomic E-state index is 0.00300. The first kappa shape index (κ1) is 14.3. The molecule has 4 nitrogen and oxygen atoms in total. The second-order valence-electron chi connectivity index (χ2n) is 4.87. The van der Waals surface area contributed by atoms with E-state index in [0.717, 1.165) is 25.0 Å². The van der Waals surface area contributed by atoms with Crippen molar-refractivity contribution in [2.45, 2.75) is 39.2 Å². The molecule has 0 bridgehead atoms. The van der Waals surface area contributed by atoms with Crippen molar-refractivity contribution in [3.05, 3.63) is 23.0 Å². The Morgan fingerprint density at radius 1 is 1.63 bits per heavy atom. The zero-order valence-corrected chi connectivity index (χ0v) is 12.0. The van der Waals surface area contributed by atoms with Gasteiger partial charge in [-0.05, 0) is 32.3 Å². The summed E-state index contributed by atoms with van der Waals surface area (Å²) in [6.07, 6.45) is 4.34. The minimum Gasteiger partial charge on any atom is -0.378 e. The number of nitrogens with one attached hydrogen (secondary N) is 1. The smallest absolute Gasteiger partial charge is 0.227 e. The highest BCUT2D eigenvalue weighted by Crippen LogP contribution is 2.27. The second kappa shape index (κ2) is 6.35. The number of ether oxygens (including phenoxy) is 1. The summed E-state index contributed by atoms with van der Waals surface area (Å²) in [5.41, 5.74) is 1.36. The van der Waals surface area contributed by atoms with Crippen molar-refractivity contribution in [1.82, 2.24) is 4.98 Å². The maximum absolute atomic E-state index is 12.2. The summed E-state index contributed by atoms with van der Waals surface area (Å²) >= 11 is 6.13. The van der Waals surface area contributed by atoms with Gasteiger partial charge in [-0.2, -0.15) is 0 Å². The van der Waals surface area contributed by atoms with Crippen molar-refractivity contribution in [2.75, 3.05) is 11.9 Å². The molecule has 0 spiro atoms. The molecule has 1 aliphatic heterocycles. The van der Waals surface area contributed by atoms with Gasteiger partial charge in [-0.3, -0.25) is 9.78 Å². The topological polar surface area (TPSA) is 51.2 Å². The van der Waals surface area contributed by atoms with Gasteiger partial charge in [0.2, 0.25) is 5.91 Å². The van der Waals surface area contributed by atoms with Crippen LogP contribution in [0.3, 0.4) is 0 Å². The summed E-state index contributed by atoms with van der Waals surface area (Å²) < 4.78 is 5.58. The van der Waals surface area contributed by atoms with Gasteiger partial charge >= 0.3 is 0 Å². The van der Waals surface area contributed by atoms with Crippen LogP contribution >= 0.6 is 11.6 Å². The molecule has 104 valence electrons. The summed E-state index contributed by atoms with van der Waals surface area (Å²) in [7, 11) is 0. The van der Waals surface area contributed by atoms with Crippen LogP contribution in [0.1, 0.15) is 31.9 Å². The third kappa shape index (κ3) is 3.45. The van der Waals surface area contributed by atoms with Crippen molar-refractivity contribution < 1.29 is 9.53 Å². The lowest BCUT2D eigenvalue weighted by Gasteiger charge is -2.28. The quantitative estimate of drug-likeness (QED) is 0.926. The molecule has 2 rings (SSSR count). The Morgan fingerprint density at radius 2 is 2.42 bits per heavy atom. The number of nitrogens with zero attached hydrogens (tertiary/aromatic N) is 1. The van der Waals surface area contributed by atoms with Crippen LogP contribution in [0.25, 0.3) is 0 Å². The molecule has 1 amide bonds. The lowest BCUT2D eigenvalue weighted by molar-refractivity contribution is -0.124. The number of pyridine rings is 1. The molecule has 0 aromatic carbocycles. The van der Waals surface area contributed by atoms with Crippen LogP contribution in [-0.4, -0.2) is 23.6 Å². The Kier molecular flexibility index (Phi) is 4.77. The summed E-state index contributed by atoms with van der Waals surface area (Å²) in [5, 5.41) is 3.41. The molecule has 2 atom stereocenters. The van der Waals surface area contributed by atoms with Crippen LogP contribution in [0.2, 0.25) is 5.02 Å². The molecule has 1 aliphatic rings. The molecule has 0 saturated carbocycles. The molecular weight excluding hydrogens is 264 g/mol. The molecule has 19 heavy (non-hydrogen) atoms. The van der Waals surface area contributed by atoms with Crippen molar-refractivity contribution in [2.24, 2.45) is 5.92 Å². The average molecular weight is 283 g/mol. The minimum absolute atomic E-state index is 0.00300. The number of amides is 1. The van der Waals surface area contributed by atoms with Crippen LogP contribution in [0.5, 0.6) is 0 Å². The molecule has 1 aromatic heterocycles. The van der Waals surface area contributed by atoms with Crippen LogP contribution in [0.4, 0.5) is 5.69 Å². The van der Waals surface area contributed by atoms with E-state index in [1.165, 1.54) is 0 Å². The van der Waals surface area contributed by atoms with E-state index in [-0.39, 0.29) is 17.9 Å². The highest BCUT2D eigenvalue weighted by atomic mass is 35.5. The third-order valence-electron chi connectivity index (χ3n) is 3.51. The van der Waals surface area contributed by atoms with E-state index in [0.29, 0.717) is 17.3 Å². The summed E-state index contributed by atoms with van der Waals surface area (Å²) in [6.45, 7) is 4.55. The van der Waals surface area contributed by atoms with Crippen LogP contribution in [0, 0.1) is 12.8 Å². The summed E-state index contributed by atoms with van der Waals surface area (Å²) in [5.74, 6) is 0.0255. The molecule has 1 N–H and O–H groups in total. The van der Waals surface area contributed by atoms with Gasteiger partial charge in [0.25, 0.3) is 0 Å². The van der Waals surface area contributed by atoms with E-state index < -0.39 is 0 Å². The zero-order valence-electron chi connectivity index (χ0n) is 11.3. The predicted octanol–water partition coefficient (Wildman–Crippen LogP) is 3.19. The fraction of sp³-hybridized carbons (Fsp3) is 0.571. The first-order valence-corrected chi connectivity index (χ1v) is 7.03. The maximum Gasteiger partial charge on any atom is 0.227 e. The monoisotopic (exact) mass is 282 g/mol. The van der Waals surface area contributed by atoms with Crippen molar-refractivity contribution >= 4 is 23.2 Å². The van der Waals surface area contributed by atoms with E-state index >= 15 is 0 Å². The Balaban J connectivity index is 2.02.